The van der Waals surface area contributed by atoms with Crippen LogP contribution in [0.1, 0.15) is 38.7 Å². The smallest absolute Gasteiger partial charge is 0.134 e. The Bertz CT molecular complexity index is 399. The van der Waals surface area contributed by atoms with Gasteiger partial charge in [0.05, 0.1) is 0 Å². The van der Waals surface area contributed by atoms with Gasteiger partial charge in [-0.3, -0.25) is 0 Å². The second-order valence-corrected chi connectivity index (χ2v) is 5.20. The number of nitrogen functional groups attached to an aromatic ring is 1. The Kier molecular flexibility index (Phi) is 4.96. The van der Waals surface area contributed by atoms with Gasteiger partial charge in [0.2, 0.25) is 0 Å². The van der Waals surface area contributed by atoms with Gasteiger partial charge in [-0.25, -0.2) is 9.97 Å². The molecule has 0 atom stereocenters. The Labute approximate surface area is 115 Å². The van der Waals surface area contributed by atoms with E-state index in [4.69, 9.17) is 5.73 Å². The molecule has 1 fully saturated rings. The average molecular weight is 263 g/mol. The molecule has 0 spiro atoms. The highest BCUT2D eigenvalue weighted by Crippen LogP contribution is 2.21. The van der Waals surface area contributed by atoms with Crippen LogP contribution in [0.15, 0.2) is 6.33 Å². The van der Waals surface area contributed by atoms with Crippen LogP contribution in [0.3, 0.4) is 0 Å². The van der Waals surface area contributed by atoms with E-state index < -0.39 is 0 Å². The van der Waals surface area contributed by atoms with E-state index in [1.165, 1.54) is 38.9 Å². The van der Waals surface area contributed by atoms with E-state index >= 15 is 0 Å². The molecule has 5 heteroatoms. The van der Waals surface area contributed by atoms with E-state index in [0.717, 1.165) is 17.8 Å². The predicted octanol–water partition coefficient (Wildman–Crippen LogP) is 1.91. The molecule has 3 N–H and O–H groups in total. The molecular formula is C14H25N5. The molecule has 0 saturated carbocycles. The number of aromatic nitrogens is 2. The maximum Gasteiger partial charge on any atom is 0.134 e. The van der Waals surface area contributed by atoms with Crippen molar-refractivity contribution in [1.29, 1.82) is 0 Å². The molecule has 1 aromatic rings. The van der Waals surface area contributed by atoms with Crippen molar-refractivity contribution < 1.29 is 0 Å². The first-order valence-corrected chi connectivity index (χ1v) is 7.32. The van der Waals surface area contributed by atoms with Gasteiger partial charge in [0.25, 0.3) is 0 Å². The van der Waals surface area contributed by atoms with Crippen molar-refractivity contribution in [1.82, 2.24) is 14.9 Å². The standard InChI is InChI=1S/C14H25N5/c1-3-7-19-8-5-11(6-9-19)18-14-12(4-2)13(15)16-10-17-14/h10-11H,3-9H2,1-2H3,(H3,15,16,17,18). The van der Waals surface area contributed by atoms with E-state index in [1.807, 2.05) is 0 Å². The molecule has 0 bridgehead atoms. The third kappa shape index (κ3) is 3.56. The molecule has 1 aromatic heterocycles. The lowest BCUT2D eigenvalue weighted by molar-refractivity contribution is 0.219. The minimum Gasteiger partial charge on any atom is -0.383 e. The summed E-state index contributed by atoms with van der Waals surface area (Å²) in [6.07, 6.45) is 5.99. The van der Waals surface area contributed by atoms with Crippen molar-refractivity contribution in [3.63, 3.8) is 0 Å². The summed E-state index contributed by atoms with van der Waals surface area (Å²) in [6, 6.07) is 0.507. The summed E-state index contributed by atoms with van der Waals surface area (Å²) >= 11 is 0. The first-order chi connectivity index (χ1) is 9.24. The highest BCUT2D eigenvalue weighted by atomic mass is 15.1. The van der Waals surface area contributed by atoms with Gasteiger partial charge in [0.1, 0.15) is 18.0 Å². The zero-order valence-electron chi connectivity index (χ0n) is 12.0. The lowest BCUT2D eigenvalue weighted by Gasteiger charge is -2.32. The van der Waals surface area contributed by atoms with Crippen molar-refractivity contribution in [2.24, 2.45) is 0 Å². The minimum atomic E-state index is 0.507. The average Bonchev–Trinajstić information content (AvgIpc) is 2.42. The molecule has 0 amide bonds. The van der Waals surface area contributed by atoms with Crippen LogP contribution in [0.2, 0.25) is 0 Å². The fourth-order valence-corrected chi connectivity index (χ4v) is 2.71. The van der Waals surface area contributed by atoms with Gasteiger partial charge in [0, 0.05) is 24.7 Å². The number of nitrogens with zero attached hydrogens (tertiary/aromatic N) is 3. The SMILES string of the molecule is CCCN1CCC(Nc2ncnc(N)c2CC)CC1. The molecule has 0 unspecified atom stereocenters. The molecule has 2 heterocycles. The van der Waals surface area contributed by atoms with Crippen molar-refractivity contribution in [3.05, 3.63) is 11.9 Å². The van der Waals surface area contributed by atoms with E-state index in [0.29, 0.717) is 11.9 Å². The van der Waals surface area contributed by atoms with Gasteiger partial charge < -0.3 is 16.0 Å². The van der Waals surface area contributed by atoms with Crippen LogP contribution in [-0.2, 0) is 6.42 Å². The fourth-order valence-electron chi connectivity index (χ4n) is 2.71. The number of rotatable bonds is 5. The number of nitrogens with one attached hydrogen (secondary N) is 1. The minimum absolute atomic E-state index is 0.507. The Morgan fingerprint density at radius 2 is 2.05 bits per heavy atom. The summed E-state index contributed by atoms with van der Waals surface area (Å²) in [5, 5.41) is 3.55. The number of anilines is 2. The van der Waals surface area contributed by atoms with E-state index in [9.17, 15) is 0 Å². The summed E-state index contributed by atoms with van der Waals surface area (Å²) < 4.78 is 0. The molecule has 1 aliphatic heterocycles. The zero-order valence-corrected chi connectivity index (χ0v) is 12.0. The number of piperidine rings is 1. The maximum atomic E-state index is 5.90. The Balaban J connectivity index is 1.94. The highest BCUT2D eigenvalue weighted by Gasteiger charge is 2.19. The lowest BCUT2D eigenvalue weighted by Crippen LogP contribution is -2.39. The van der Waals surface area contributed by atoms with E-state index in [1.54, 1.807) is 6.33 Å². The monoisotopic (exact) mass is 263 g/mol. The van der Waals surface area contributed by atoms with Gasteiger partial charge in [-0.15, -0.1) is 0 Å². The number of nitrogens with two attached hydrogens (primary N) is 1. The van der Waals surface area contributed by atoms with Gasteiger partial charge >= 0.3 is 0 Å². The topological polar surface area (TPSA) is 67.1 Å². The molecule has 5 nitrogen and oxygen atoms in total. The number of hydrogen-bond acceptors (Lipinski definition) is 5. The molecule has 2 rings (SSSR count). The van der Waals surface area contributed by atoms with Crippen molar-refractivity contribution in [2.75, 3.05) is 30.7 Å². The summed E-state index contributed by atoms with van der Waals surface area (Å²) in [6.45, 7) is 7.89. The summed E-state index contributed by atoms with van der Waals surface area (Å²) in [4.78, 5) is 10.9. The largest absolute Gasteiger partial charge is 0.383 e. The van der Waals surface area contributed by atoms with Crippen LogP contribution in [0.25, 0.3) is 0 Å². The summed E-state index contributed by atoms with van der Waals surface area (Å²) in [5.74, 6) is 1.52. The Hall–Kier alpha value is -1.36. The lowest BCUT2D eigenvalue weighted by atomic mass is 10.0. The highest BCUT2D eigenvalue weighted by molar-refractivity contribution is 5.55. The van der Waals surface area contributed by atoms with E-state index in [-0.39, 0.29) is 0 Å². The van der Waals surface area contributed by atoms with Gasteiger partial charge in [-0.05, 0) is 32.2 Å². The molecular weight excluding hydrogens is 238 g/mol. The van der Waals surface area contributed by atoms with Crippen LogP contribution in [0.4, 0.5) is 11.6 Å². The van der Waals surface area contributed by atoms with Crippen LogP contribution in [0, 0.1) is 0 Å². The second kappa shape index (κ2) is 6.70. The third-order valence-electron chi connectivity index (χ3n) is 3.80. The summed E-state index contributed by atoms with van der Waals surface area (Å²) in [7, 11) is 0. The van der Waals surface area contributed by atoms with Crippen LogP contribution >= 0.6 is 0 Å². The normalized spacial score (nSPS) is 17.6. The Morgan fingerprint density at radius 1 is 1.32 bits per heavy atom. The van der Waals surface area contributed by atoms with Crippen LogP contribution in [-0.4, -0.2) is 40.5 Å². The Morgan fingerprint density at radius 3 is 2.68 bits per heavy atom. The van der Waals surface area contributed by atoms with Gasteiger partial charge in [-0.2, -0.15) is 0 Å². The number of likely N-dealkylation sites (tertiary alicyclic amines) is 1. The van der Waals surface area contributed by atoms with Crippen molar-refractivity contribution in [3.8, 4) is 0 Å². The first-order valence-electron chi connectivity index (χ1n) is 7.32. The quantitative estimate of drug-likeness (QED) is 0.849. The third-order valence-corrected chi connectivity index (χ3v) is 3.80. The fraction of sp³-hybridized carbons (Fsp3) is 0.714. The maximum absolute atomic E-state index is 5.90. The molecule has 0 aliphatic carbocycles. The van der Waals surface area contributed by atoms with Gasteiger partial charge in [0.15, 0.2) is 0 Å². The summed E-state index contributed by atoms with van der Waals surface area (Å²) in [5.41, 5.74) is 6.94. The van der Waals surface area contributed by atoms with E-state index in [2.05, 4.69) is 34.0 Å². The molecule has 106 valence electrons. The van der Waals surface area contributed by atoms with Crippen LogP contribution in [0.5, 0.6) is 0 Å². The molecule has 0 radical (unpaired) electrons. The molecule has 1 saturated heterocycles. The predicted molar refractivity (Wildman–Crippen MR) is 79.2 cm³/mol. The zero-order chi connectivity index (χ0) is 13.7. The molecule has 0 aromatic carbocycles. The first kappa shape index (κ1) is 14.1. The van der Waals surface area contributed by atoms with Crippen molar-refractivity contribution >= 4 is 11.6 Å². The molecule has 1 aliphatic rings. The van der Waals surface area contributed by atoms with Crippen LogP contribution < -0.4 is 11.1 Å². The second-order valence-electron chi connectivity index (χ2n) is 5.20. The van der Waals surface area contributed by atoms with Crippen molar-refractivity contribution in [2.45, 2.75) is 45.6 Å². The number of hydrogen-bond donors (Lipinski definition) is 2. The van der Waals surface area contributed by atoms with Gasteiger partial charge in [-0.1, -0.05) is 13.8 Å². The molecule has 19 heavy (non-hydrogen) atoms.